The van der Waals surface area contributed by atoms with Crippen LogP contribution in [0.15, 0.2) is 24.3 Å². The molecule has 3 rings (SSSR count). The standard InChI is InChI=1S/C18H28N2/c1-18(2,3)15-10-11-20(13-15)17-7-5-4-6-14(17)12-19-16-8-9-16/h4-7,15-16,19H,8-13H2,1-3H3. The second-order valence-electron chi connectivity index (χ2n) is 7.58. The fourth-order valence-electron chi connectivity index (χ4n) is 3.20. The van der Waals surface area contributed by atoms with Crippen LogP contribution in [0.1, 0.15) is 45.6 Å². The third kappa shape index (κ3) is 3.17. The Balaban J connectivity index is 1.70. The molecule has 20 heavy (non-hydrogen) atoms. The second-order valence-corrected chi connectivity index (χ2v) is 7.58. The van der Waals surface area contributed by atoms with Crippen LogP contribution in [0.25, 0.3) is 0 Å². The predicted molar refractivity (Wildman–Crippen MR) is 86.1 cm³/mol. The van der Waals surface area contributed by atoms with Crippen LogP contribution in [-0.4, -0.2) is 19.1 Å². The number of benzene rings is 1. The van der Waals surface area contributed by atoms with Crippen molar-refractivity contribution in [2.75, 3.05) is 18.0 Å². The van der Waals surface area contributed by atoms with Gasteiger partial charge in [0.1, 0.15) is 0 Å². The molecule has 2 heteroatoms. The Hall–Kier alpha value is -1.02. The largest absolute Gasteiger partial charge is 0.371 e. The van der Waals surface area contributed by atoms with Crippen LogP contribution < -0.4 is 10.2 Å². The summed E-state index contributed by atoms with van der Waals surface area (Å²) in [6.45, 7) is 10.6. The molecule has 1 aromatic rings. The Morgan fingerprint density at radius 2 is 1.90 bits per heavy atom. The van der Waals surface area contributed by atoms with E-state index in [2.05, 4.69) is 55.3 Å². The molecule has 1 aliphatic heterocycles. The van der Waals surface area contributed by atoms with Crippen molar-refractivity contribution in [3.05, 3.63) is 29.8 Å². The van der Waals surface area contributed by atoms with E-state index >= 15 is 0 Å². The molecule has 0 spiro atoms. The number of para-hydroxylation sites is 1. The summed E-state index contributed by atoms with van der Waals surface area (Å²) >= 11 is 0. The van der Waals surface area contributed by atoms with Crippen molar-refractivity contribution < 1.29 is 0 Å². The van der Waals surface area contributed by atoms with Gasteiger partial charge >= 0.3 is 0 Å². The molecule has 1 unspecified atom stereocenters. The van der Waals surface area contributed by atoms with E-state index in [1.807, 2.05) is 0 Å². The zero-order valence-electron chi connectivity index (χ0n) is 13.2. The summed E-state index contributed by atoms with van der Waals surface area (Å²) in [5, 5.41) is 3.65. The topological polar surface area (TPSA) is 15.3 Å². The van der Waals surface area contributed by atoms with Gasteiger partial charge in [0.05, 0.1) is 0 Å². The molecule has 1 saturated heterocycles. The van der Waals surface area contributed by atoms with E-state index in [9.17, 15) is 0 Å². The third-order valence-electron chi connectivity index (χ3n) is 4.90. The first-order valence-corrected chi connectivity index (χ1v) is 8.10. The molecule has 110 valence electrons. The van der Waals surface area contributed by atoms with E-state index in [-0.39, 0.29) is 0 Å². The molecule has 1 aromatic carbocycles. The normalized spacial score (nSPS) is 23.4. The molecule has 0 bridgehead atoms. The number of hydrogen-bond donors (Lipinski definition) is 1. The van der Waals surface area contributed by atoms with E-state index in [0.717, 1.165) is 18.5 Å². The van der Waals surface area contributed by atoms with Crippen molar-refractivity contribution >= 4 is 5.69 Å². The van der Waals surface area contributed by atoms with Gasteiger partial charge in [-0.1, -0.05) is 39.0 Å². The van der Waals surface area contributed by atoms with Crippen molar-refractivity contribution in [2.45, 2.75) is 52.6 Å². The molecular formula is C18H28N2. The lowest BCUT2D eigenvalue weighted by molar-refractivity contribution is 0.263. The highest BCUT2D eigenvalue weighted by Gasteiger charge is 2.32. The number of nitrogens with zero attached hydrogens (tertiary/aromatic N) is 1. The van der Waals surface area contributed by atoms with Gasteiger partial charge < -0.3 is 10.2 Å². The summed E-state index contributed by atoms with van der Waals surface area (Å²) in [6, 6.07) is 9.72. The summed E-state index contributed by atoms with van der Waals surface area (Å²) in [5.41, 5.74) is 3.34. The SMILES string of the molecule is CC(C)(C)C1CCN(c2ccccc2CNC2CC2)C1. The van der Waals surface area contributed by atoms with E-state index in [0.29, 0.717) is 5.41 Å². The fraction of sp³-hybridized carbons (Fsp3) is 0.667. The summed E-state index contributed by atoms with van der Waals surface area (Å²) in [4.78, 5) is 2.60. The minimum absolute atomic E-state index is 0.427. The third-order valence-corrected chi connectivity index (χ3v) is 4.90. The number of rotatable bonds is 4. The lowest BCUT2D eigenvalue weighted by Crippen LogP contribution is -2.27. The minimum Gasteiger partial charge on any atom is -0.371 e. The van der Waals surface area contributed by atoms with Crippen molar-refractivity contribution in [3.63, 3.8) is 0 Å². The molecule has 1 heterocycles. The minimum atomic E-state index is 0.427. The van der Waals surface area contributed by atoms with Crippen molar-refractivity contribution in [2.24, 2.45) is 11.3 Å². The average molecular weight is 272 g/mol. The lowest BCUT2D eigenvalue weighted by atomic mass is 9.80. The van der Waals surface area contributed by atoms with Gasteiger partial charge in [-0.3, -0.25) is 0 Å². The zero-order valence-corrected chi connectivity index (χ0v) is 13.2. The Morgan fingerprint density at radius 1 is 1.15 bits per heavy atom. The van der Waals surface area contributed by atoms with Crippen LogP contribution in [0, 0.1) is 11.3 Å². The van der Waals surface area contributed by atoms with Gasteiger partial charge in [0, 0.05) is 31.4 Å². The molecule has 0 aromatic heterocycles. The van der Waals surface area contributed by atoms with E-state index < -0.39 is 0 Å². The molecule has 2 nitrogen and oxygen atoms in total. The van der Waals surface area contributed by atoms with Gasteiger partial charge in [-0.25, -0.2) is 0 Å². The van der Waals surface area contributed by atoms with Gasteiger partial charge in [0.2, 0.25) is 0 Å². The molecular weight excluding hydrogens is 244 g/mol. The summed E-state index contributed by atoms with van der Waals surface area (Å²) < 4.78 is 0. The van der Waals surface area contributed by atoms with Gasteiger partial charge in [-0.2, -0.15) is 0 Å². The van der Waals surface area contributed by atoms with Crippen LogP contribution in [0.2, 0.25) is 0 Å². The molecule has 2 fully saturated rings. The quantitative estimate of drug-likeness (QED) is 0.896. The first kappa shape index (κ1) is 13.9. The maximum atomic E-state index is 3.65. The summed E-state index contributed by atoms with van der Waals surface area (Å²) in [6.07, 6.45) is 4.05. The van der Waals surface area contributed by atoms with Gasteiger partial charge in [0.25, 0.3) is 0 Å². The van der Waals surface area contributed by atoms with Crippen molar-refractivity contribution in [1.82, 2.24) is 5.32 Å². The maximum Gasteiger partial charge on any atom is 0.0411 e. The van der Waals surface area contributed by atoms with Crippen molar-refractivity contribution in [1.29, 1.82) is 0 Å². The van der Waals surface area contributed by atoms with Gasteiger partial charge in [-0.15, -0.1) is 0 Å². The highest BCUT2D eigenvalue weighted by atomic mass is 15.2. The summed E-state index contributed by atoms with van der Waals surface area (Å²) in [7, 11) is 0. The molecule has 2 aliphatic rings. The number of nitrogens with one attached hydrogen (secondary N) is 1. The van der Waals surface area contributed by atoms with Crippen LogP contribution >= 0.6 is 0 Å². The Morgan fingerprint density at radius 3 is 2.55 bits per heavy atom. The van der Waals surface area contributed by atoms with E-state index in [4.69, 9.17) is 0 Å². The smallest absolute Gasteiger partial charge is 0.0411 e. The Bertz CT molecular complexity index is 457. The van der Waals surface area contributed by atoms with Crippen molar-refractivity contribution in [3.8, 4) is 0 Å². The predicted octanol–water partition coefficient (Wildman–Crippen LogP) is 3.81. The monoisotopic (exact) mass is 272 g/mol. The van der Waals surface area contributed by atoms with E-state index in [1.54, 1.807) is 0 Å². The molecule has 1 aliphatic carbocycles. The second kappa shape index (κ2) is 5.40. The summed E-state index contributed by atoms with van der Waals surface area (Å²) in [5.74, 6) is 0.812. The molecule has 1 N–H and O–H groups in total. The first-order chi connectivity index (χ1) is 9.54. The zero-order chi connectivity index (χ0) is 14.2. The highest BCUT2D eigenvalue weighted by molar-refractivity contribution is 5.54. The molecule has 0 radical (unpaired) electrons. The number of anilines is 1. The average Bonchev–Trinajstić information content (AvgIpc) is 3.09. The van der Waals surface area contributed by atoms with Crippen LogP contribution in [0.3, 0.4) is 0 Å². The highest BCUT2D eigenvalue weighted by Crippen LogP contribution is 2.36. The first-order valence-electron chi connectivity index (χ1n) is 8.10. The maximum absolute atomic E-state index is 3.65. The number of hydrogen-bond acceptors (Lipinski definition) is 2. The molecule has 1 atom stereocenters. The van der Waals surface area contributed by atoms with Gasteiger partial charge in [-0.05, 0) is 42.2 Å². The molecule has 0 amide bonds. The molecule has 1 saturated carbocycles. The fourth-order valence-corrected chi connectivity index (χ4v) is 3.20. The van der Waals surface area contributed by atoms with Gasteiger partial charge in [0.15, 0.2) is 0 Å². The Labute approximate surface area is 123 Å². The Kier molecular flexibility index (Phi) is 3.76. The van der Waals surface area contributed by atoms with Crippen LogP contribution in [0.4, 0.5) is 5.69 Å². The van der Waals surface area contributed by atoms with Crippen LogP contribution in [-0.2, 0) is 6.54 Å². The van der Waals surface area contributed by atoms with E-state index in [1.165, 1.54) is 43.6 Å². The van der Waals surface area contributed by atoms with Crippen LogP contribution in [0.5, 0.6) is 0 Å². The lowest BCUT2D eigenvalue weighted by Gasteiger charge is -2.28.